The van der Waals surface area contributed by atoms with E-state index in [1.54, 1.807) is 12.1 Å². The molecule has 0 spiro atoms. The molecule has 3 heteroatoms. The summed E-state index contributed by atoms with van der Waals surface area (Å²) >= 11 is 5.89. The van der Waals surface area contributed by atoms with Gasteiger partial charge in [0.15, 0.2) is 5.78 Å². The second kappa shape index (κ2) is 6.66. The molecule has 2 aliphatic carbocycles. The van der Waals surface area contributed by atoms with Crippen LogP contribution < -0.4 is 0 Å². The van der Waals surface area contributed by atoms with Crippen LogP contribution in [0.4, 0.5) is 4.39 Å². The topological polar surface area (TPSA) is 17.1 Å². The van der Waals surface area contributed by atoms with E-state index >= 15 is 0 Å². The zero-order valence-electron chi connectivity index (χ0n) is 15.1. The average Bonchev–Trinajstić information content (AvgIpc) is 3.07. The van der Waals surface area contributed by atoms with Crippen molar-refractivity contribution in [3.8, 4) is 11.1 Å². The number of carbonyl (C=O) groups is 1. The highest BCUT2D eigenvalue weighted by molar-refractivity contribution is 6.30. The fraction of sp³-hybridized carbons (Fsp3) is 0.348. The van der Waals surface area contributed by atoms with E-state index in [1.165, 1.54) is 11.6 Å². The Hall–Kier alpha value is -1.93. The monoisotopic (exact) mass is 368 g/mol. The number of allylic oxidation sites excluding steroid dienone is 2. The summed E-state index contributed by atoms with van der Waals surface area (Å²) in [6.45, 7) is 4.20. The fourth-order valence-electron chi connectivity index (χ4n) is 4.57. The van der Waals surface area contributed by atoms with Crippen molar-refractivity contribution in [3.05, 3.63) is 63.9 Å². The summed E-state index contributed by atoms with van der Waals surface area (Å²) in [6.07, 6.45) is 3.95. The first-order valence-electron chi connectivity index (χ1n) is 9.33. The van der Waals surface area contributed by atoms with Crippen LogP contribution >= 0.6 is 11.6 Å². The number of ketones is 1. The lowest BCUT2D eigenvalue weighted by molar-refractivity contribution is -0.117. The molecule has 0 N–H and O–H groups in total. The quantitative estimate of drug-likeness (QED) is 0.605. The Labute approximate surface area is 158 Å². The molecule has 0 aromatic heterocycles. The predicted octanol–water partition coefficient (Wildman–Crippen LogP) is 6.48. The maximum Gasteiger partial charge on any atom is 0.166 e. The molecule has 0 heterocycles. The lowest BCUT2D eigenvalue weighted by atomic mass is 9.78. The van der Waals surface area contributed by atoms with Gasteiger partial charge in [-0.05, 0) is 79.5 Å². The Morgan fingerprint density at radius 3 is 2.58 bits per heavy atom. The van der Waals surface area contributed by atoms with Crippen LogP contribution in [0.1, 0.15) is 44.2 Å². The summed E-state index contributed by atoms with van der Waals surface area (Å²) in [7, 11) is 0. The highest BCUT2D eigenvalue weighted by Crippen LogP contribution is 2.47. The third-order valence-corrected chi connectivity index (χ3v) is 6.29. The van der Waals surface area contributed by atoms with Crippen molar-refractivity contribution >= 4 is 23.0 Å². The average molecular weight is 369 g/mol. The van der Waals surface area contributed by atoms with Crippen molar-refractivity contribution < 1.29 is 9.18 Å². The summed E-state index contributed by atoms with van der Waals surface area (Å²) in [6, 6.07) is 10.7. The minimum Gasteiger partial charge on any atom is -0.294 e. The smallest absolute Gasteiger partial charge is 0.166 e. The van der Waals surface area contributed by atoms with Crippen LogP contribution in [-0.4, -0.2) is 5.78 Å². The van der Waals surface area contributed by atoms with Crippen molar-refractivity contribution in [2.24, 2.45) is 11.8 Å². The molecule has 1 saturated carbocycles. The summed E-state index contributed by atoms with van der Waals surface area (Å²) in [5.41, 5.74) is 5.54. The number of Topliss-reactive ketones (excluding diaryl/α,β-unsaturated/α-hetero) is 1. The van der Waals surface area contributed by atoms with Gasteiger partial charge in [-0.25, -0.2) is 4.39 Å². The second-order valence-electron chi connectivity index (χ2n) is 7.48. The van der Waals surface area contributed by atoms with Crippen molar-refractivity contribution in [2.75, 3.05) is 0 Å². The molecule has 0 saturated heterocycles. The van der Waals surface area contributed by atoms with Gasteiger partial charge in [0.2, 0.25) is 0 Å². The molecule has 2 aromatic rings. The number of rotatable bonds is 3. The number of fused-ring (bicyclic) bond motifs is 2. The van der Waals surface area contributed by atoms with Crippen LogP contribution in [0.15, 0.2) is 42.0 Å². The molecular weight excluding hydrogens is 347 g/mol. The van der Waals surface area contributed by atoms with E-state index in [4.69, 9.17) is 11.6 Å². The van der Waals surface area contributed by atoms with E-state index < -0.39 is 0 Å². The molecule has 0 amide bonds. The molecule has 2 bridgehead atoms. The van der Waals surface area contributed by atoms with Gasteiger partial charge in [-0.15, -0.1) is 0 Å². The van der Waals surface area contributed by atoms with Crippen LogP contribution in [-0.2, 0) is 11.2 Å². The number of hydrogen-bond donors (Lipinski definition) is 0. The van der Waals surface area contributed by atoms with Crippen LogP contribution in [0.3, 0.4) is 0 Å². The van der Waals surface area contributed by atoms with Gasteiger partial charge in [-0.3, -0.25) is 4.79 Å². The fourth-order valence-corrected chi connectivity index (χ4v) is 4.73. The number of aryl methyl sites for hydroxylation is 1. The molecule has 1 fully saturated rings. The highest BCUT2D eigenvalue weighted by Gasteiger charge is 2.39. The van der Waals surface area contributed by atoms with E-state index in [2.05, 4.69) is 13.8 Å². The summed E-state index contributed by atoms with van der Waals surface area (Å²) in [5, 5.41) is 0.384. The van der Waals surface area contributed by atoms with Gasteiger partial charge in [0.25, 0.3) is 0 Å². The number of benzene rings is 2. The Balaban J connectivity index is 1.88. The molecule has 1 nitrogen and oxygen atoms in total. The summed E-state index contributed by atoms with van der Waals surface area (Å²) < 4.78 is 14.4. The molecular formula is C23H22ClFO. The van der Waals surface area contributed by atoms with Gasteiger partial charge >= 0.3 is 0 Å². The van der Waals surface area contributed by atoms with E-state index in [-0.39, 0.29) is 17.5 Å². The number of halogens is 2. The van der Waals surface area contributed by atoms with E-state index in [0.717, 1.165) is 47.9 Å². The van der Waals surface area contributed by atoms with Crippen molar-refractivity contribution in [1.29, 1.82) is 0 Å². The zero-order valence-corrected chi connectivity index (χ0v) is 15.9. The summed E-state index contributed by atoms with van der Waals surface area (Å²) in [4.78, 5) is 13.1. The first kappa shape index (κ1) is 17.5. The maximum atomic E-state index is 14.4. The third kappa shape index (κ3) is 2.81. The SMILES string of the molecule is CCc1ccc(-c2ccc(Cl)cc2F)cc1C1=C(C)C2CCC(C2)C1=O. The minimum absolute atomic E-state index is 0.166. The van der Waals surface area contributed by atoms with Crippen molar-refractivity contribution in [3.63, 3.8) is 0 Å². The Kier molecular flexibility index (Phi) is 4.48. The first-order valence-corrected chi connectivity index (χ1v) is 9.71. The molecule has 4 rings (SSSR count). The van der Waals surface area contributed by atoms with Gasteiger partial charge < -0.3 is 0 Å². The number of hydrogen-bond acceptors (Lipinski definition) is 1. The summed E-state index contributed by atoms with van der Waals surface area (Å²) in [5.74, 6) is 0.626. The third-order valence-electron chi connectivity index (χ3n) is 6.06. The van der Waals surface area contributed by atoms with Crippen LogP contribution in [0, 0.1) is 17.7 Å². The van der Waals surface area contributed by atoms with Crippen LogP contribution in [0.5, 0.6) is 0 Å². The lowest BCUT2D eigenvalue weighted by Crippen LogP contribution is -2.21. The predicted molar refractivity (Wildman–Crippen MR) is 105 cm³/mol. The first-order chi connectivity index (χ1) is 12.5. The van der Waals surface area contributed by atoms with Crippen molar-refractivity contribution in [1.82, 2.24) is 0 Å². The van der Waals surface area contributed by atoms with Crippen LogP contribution in [0.25, 0.3) is 16.7 Å². The highest BCUT2D eigenvalue weighted by atomic mass is 35.5. The Morgan fingerprint density at radius 2 is 1.85 bits per heavy atom. The van der Waals surface area contributed by atoms with Gasteiger partial charge in [-0.2, -0.15) is 0 Å². The lowest BCUT2D eigenvalue weighted by Gasteiger charge is -2.25. The van der Waals surface area contributed by atoms with E-state index in [1.807, 2.05) is 18.2 Å². The maximum absolute atomic E-state index is 14.4. The molecule has 0 aliphatic heterocycles. The van der Waals surface area contributed by atoms with Crippen molar-refractivity contribution in [2.45, 2.75) is 39.5 Å². The van der Waals surface area contributed by atoms with Gasteiger partial charge in [0.1, 0.15) is 5.82 Å². The normalized spacial score (nSPS) is 22.2. The molecule has 2 unspecified atom stereocenters. The van der Waals surface area contributed by atoms with Gasteiger partial charge in [-0.1, -0.05) is 36.2 Å². The molecule has 0 radical (unpaired) electrons. The molecule has 2 atom stereocenters. The molecule has 134 valence electrons. The zero-order chi connectivity index (χ0) is 18.4. The largest absolute Gasteiger partial charge is 0.294 e. The molecule has 26 heavy (non-hydrogen) atoms. The van der Waals surface area contributed by atoms with E-state index in [9.17, 15) is 9.18 Å². The minimum atomic E-state index is -0.339. The Morgan fingerprint density at radius 1 is 1.08 bits per heavy atom. The Bertz CT molecular complexity index is 928. The number of carbonyl (C=O) groups excluding carboxylic acids is 1. The molecule has 2 aliphatic rings. The standard InChI is InChI=1S/C23H22ClFO/c1-3-14-4-6-16(19-9-8-18(24)12-21(19)25)11-20(14)22-13(2)15-5-7-17(10-15)23(22)26/h4,6,8-9,11-12,15,17H,3,5,7,10H2,1-2H3. The molecule has 2 aromatic carbocycles. The van der Waals surface area contributed by atoms with Gasteiger partial charge in [0.05, 0.1) is 0 Å². The van der Waals surface area contributed by atoms with Crippen LogP contribution in [0.2, 0.25) is 5.02 Å². The van der Waals surface area contributed by atoms with E-state index in [0.29, 0.717) is 16.5 Å². The second-order valence-corrected chi connectivity index (χ2v) is 7.92. The van der Waals surface area contributed by atoms with Gasteiger partial charge in [0, 0.05) is 22.1 Å².